The highest BCUT2D eigenvalue weighted by molar-refractivity contribution is 5.80. The number of imidazole rings is 1. The lowest BCUT2D eigenvalue weighted by Gasteiger charge is -2.10. The highest BCUT2D eigenvalue weighted by Crippen LogP contribution is 2.25. The molecule has 0 aliphatic carbocycles. The van der Waals surface area contributed by atoms with Gasteiger partial charge in [-0.1, -0.05) is 29.8 Å². The molecule has 3 aromatic carbocycles. The molecule has 0 fully saturated rings. The molecule has 0 unspecified atom stereocenters. The second kappa shape index (κ2) is 8.26. The molecule has 1 heterocycles. The minimum atomic E-state index is -0.236. The standard InChI is InChI=1S/C24H23FN2O/c1-18-8-14-21(15-9-18)28-17-5-4-16-27-23-7-3-2-6-22(23)26-24(27)19-10-12-20(25)13-11-19/h2-3,6-15H,4-5,16-17H2,1H3. The molecule has 0 saturated carbocycles. The number of benzene rings is 3. The molecule has 1 aromatic heterocycles. The summed E-state index contributed by atoms with van der Waals surface area (Å²) in [5.74, 6) is 1.55. The van der Waals surface area contributed by atoms with E-state index in [1.54, 1.807) is 12.1 Å². The number of nitrogens with zero attached hydrogens (tertiary/aromatic N) is 2. The molecule has 4 rings (SSSR count). The maximum Gasteiger partial charge on any atom is 0.141 e. The van der Waals surface area contributed by atoms with Crippen LogP contribution in [0.3, 0.4) is 0 Å². The van der Waals surface area contributed by atoms with Gasteiger partial charge in [0.1, 0.15) is 17.4 Å². The highest BCUT2D eigenvalue weighted by Gasteiger charge is 2.12. The van der Waals surface area contributed by atoms with Gasteiger partial charge in [-0.3, -0.25) is 0 Å². The first-order valence-electron chi connectivity index (χ1n) is 9.61. The molecule has 0 aliphatic heterocycles. The third kappa shape index (κ3) is 4.06. The van der Waals surface area contributed by atoms with Crippen LogP contribution in [0, 0.1) is 12.7 Å². The minimum Gasteiger partial charge on any atom is -0.494 e. The van der Waals surface area contributed by atoms with Gasteiger partial charge in [0, 0.05) is 12.1 Å². The van der Waals surface area contributed by atoms with Crippen LogP contribution in [0.4, 0.5) is 4.39 Å². The van der Waals surface area contributed by atoms with Crippen LogP contribution in [-0.4, -0.2) is 16.2 Å². The second-order valence-electron chi connectivity index (χ2n) is 6.95. The van der Waals surface area contributed by atoms with Crippen LogP contribution in [0.5, 0.6) is 5.75 Å². The van der Waals surface area contributed by atoms with Crippen LogP contribution in [-0.2, 0) is 6.54 Å². The summed E-state index contributed by atoms with van der Waals surface area (Å²) in [7, 11) is 0. The number of ether oxygens (including phenoxy) is 1. The lowest BCUT2D eigenvalue weighted by molar-refractivity contribution is 0.303. The Balaban J connectivity index is 1.45. The van der Waals surface area contributed by atoms with Gasteiger partial charge in [0.05, 0.1) is 17.6 Å². The van der Waals surface area contributed by atoms with Crippen molar-refractivity contribution in [1.29, 1.82) is 0 Å². The molecule has 0 atom stereocenters. The van der Waals surface area contributed by atoms with E-state index in [9.17, 15) is 4.39 Å². The average molecular weight is 374 g/mol. The first kappa shape index (κ1) is 18.2. The first-order valence-corrected chi connectivity index (χ1v) is 9.61. The van der Waals surface area contributed by atoms with E-state index in [0.717, 1.165) is 47.6 Å². The van der Waals surface area contributed by atoms with Crippen molar-refractivity contribution in [2.24, 2.45) is 0 Å². The number of aryl methyl sites for hydroxylation is 2. The number of fused-ring (bicyclic) bond motifs is 1. The summed E-state index contributed by atoms with van der Waals surface area (Å²) >= 11 is 0. The van der Waals surface area contributed by atoms with E-state index >= 15 is 0 Å². The largest absolute Gasteiger partial charge is 0.494 e. The van der Waals surface area contributed by atoms with Gasteiger partial charge >= 0.3 is 0 Å². The smallest absolute Gasteiger partial charge is 0.141 e. The Bertz CT molecular complexity index is 1050. The summed E-state index contributed by atoms with van der Waals surface area (Å²) < 4.78 is 21.4. The number of unbranched alkanes of at least 4 members (excludes halogenated alkanes) is 1. The van der Waals surface area contributed by atoms with Crippen LogP contribution in [0.2, 0.25) is 0 Å². The lowest BCUT2D eigenvalue weighted by atomic mass is 10.2. The molecule has 0 radical (unpaired) electrons. The monoisotopic (exact) mass is 374 g/mol. The fourth-order valence-electron chi connectivity index (χ4n) is 3.32. The van der Waals surface area contributed by atoms with Crippen molar-refractivity contribution >= 4 is 11.0 Å². The Kier molecular flexibility index (Phi) is 5.38. The molecule has 0 bridgehead atoms. The third-order valence-corrected chi connectivity index (χ3v) is 4.82. The van der Waals surface area contributed by atoms with Gasteiger partial charge in [0.15, 0.2) is 0 Å². The quantitative estimate of drug-likeness (QED) is 0.370. The van der Waals surface area contributed by atoms with Crippen LogP contribution in [0.15, 0.2) is 72.8 Å². The molecule has 0 saturated heterocycles. The Labute approximate surface area is 164 Å². The first-order chi connectivity index (χ1) is 13.7. The van der Waals surface area contributed by atoms with Gasteiger partial charge < -0.3 is 9.30 Å². The van der Waals surface area contributed by atoms with Crippen LogP contribution in [0.25, 0.3) is 22.4 Å². The third-order valence-electron chi connectivity index (χ3n) is 4.82. The molecular formula is C24H23FN2O. The molecule has 0 aliphatic rings. The summed E-state index contributed by atoms with van der Waals surface area (Å²) in [4.78, 5) is 4.78. The van der Waals surface area contributed by atoms with E-state index in [1.807, 2.05) is 30.3 Å². The van der Waals surface area contributed by atoms with Gasteiger partial charge in [-0.25, -0.2) is 9.37 Å². The molecule has 4 heteroatoms. The van der Waals surface area contributed by atoms with Crippen molar-refractivity contribution in [3.05, 3.63) is 84.2 Å². The number of aromatic nitrogens is 2. The highest BCUT2D eigenvalue weighted by atomic mass is 19.1. The van der Waals surface area contributed by atoms with Gasteiger partial charge in [-0.2, -0.15) is 0 Å². The number of para-hydroxylation sites is 2. The van der Waals surface area contributed by atoms with Crippen molar-refractivity contribution in [1.82, 2.24) is 9.55 Å². The second-order valence-corrected chi connectivity index (χ2v) is 6.95. The summed E-state index contributed by atoms with van der Waals surface area (Å²) in [5.41, 5.74) is 4.21. The topological polar surface area (TPSA) is 27.1 Å². The van der Waals surface area contributed by atoms with Crippen molar-refractivity contribution < 1.29 is 9.13 Å². The lowest BCUT2D eigenvalue weighted by Crippen LogP contribution is -2.04. The van der Waals surface area contributed by atoms with Gasteiger partial charge in [-0.15, -0.1) is 0 Å². The average Bonchev–Trinajstić information content (AvgIpc) is 3.08. The minimum absolute atomic E-state index is 0.236. The molecule has 28 heavy (non-hydrogen) atoms. The maximum atomic E-state index is 13.3. The van der Waals surface area contributed by atoms with Crippen molar-refractivity contribution in [2.45, 2.75) is 26.3 Å². The van der Waals surface area contributed by atoms with Crippen molar-refractivity contribution in [3.63, 3.8) is 0 Å². The van der Waals surface area contributed by atoms with Crippen LogP contribution >= 0.6 is 0 Å². The summed E-state index contributed by atoms with van der Waals surface area (Å²) in [6.45, 7) is 3.59. The van der Waals surface area contributed by atoms with E-state index < -0.39 is 0 Å². The van der Waals surface area contributed by atoms with E-state index in [4.69, 9.17) is 9.72 Å². The zero-order chi connectivity index (χ0) is 19.3. The Hall–Kier alpha value is -3.14. The predicted octanol–water partition coefficient (Wildman–Crippen LogP) is 6.01. The van der Waals surface area contributed by atoms with E-state index in [2.05, 4.69) is 29.7 Å². The van der Waals surface area contributed by atoms with Crippen LogP contribution < -0.4 is 4.74 Å². The number of halogens is 1. The predicted molar refractivity (Wildman–Crippen MR) is 111 cm³/mol. The Morgan fingerprint density at radius 3 is 2.43 bits per heavy atom. The van der Waals surface area contributed by atoms with Crippen molar-refractivity contribution in [3.8, 4) is 17.1 Å². The molecule has 3 nitrogen and oxygen atoms in total. The maximum absolute atomic E-state index is 13.3. The van der Waals surface area contributed by atoms with Crippen molar-refractivity contribution in [2.75, 3.05) is 6.61 Å². The Morgan fingerprint density at radius 1 is 0.893 bits per heavy atom. The summed E-state index contributed by atoms with van der Waals surface area (Å²) in [6, 6.07) is 22.8. The SMILES string of the molecule is Cc1ccc(OCCCCn2c(-c3ccc(F)cc3)nc3ccccc32)cc1. The molecule has 142 valence electrons. The fraction of sp³-hybridized carbons (Fsp3) is 0.208. The normalized spacial score (nSPS) is 11.1. The summed E-state index contributed by atoms with van der Waals surface area (Å²) in [6.07, 6.45) is 1.92. The molecular weight excluding hydrogens is 351 g/mol. The zero-order valence-electron chi connectivity index (χ0n) is 15.9. The molecule has 4 aromatic rings. The molecule has 0 spiro atoms. The Morgan fingerprint density at radius 2 is 1.64 bits per heavy atom. The number of hydrogen-bond acceptors (Lipinski definition) is 2. The summed E-state index contributed by atoms with van der Waals surface area (Å²) in [5, 5.41) is 0. The van der Waals surface area contributed by atoms with E-state index in [-0.39, 0.29) is 5.82 Å². The fourth-order valence-corrected chi connectivity index (χ4v) is 3.32. The van der Waals surface area contributed by atoms with Gasteiger partial charge in [0.25, 0.3) is 0 Å². The van der Waals surface area contributed by atoms with Crippen LogP contribution in [0.1, 0.15) is 18.4 Å². The van der Waals surface area contributed by atoms with E-state index in [0.29, 0.717) is 6.61 Å². The number of hydrogen-bond donors (Lipinski definition) is 0. The number of rotatable bonds is 7. The zero-order valence-corrected chi connectivity index (χ0v) is 15.9. The van der Waals surface area contributed by atoms with Gasteiger partial charge in [0.2, 0.25) is 0 Å². The molecule has 0 amide bonds. The van der Waals surface area contributed by atoms with Gasteiger partial charge in [-0.05, 0) is 68.3 Å². The molecule has 0 N–H and O–H groups in total. The van der Waals surface area contributed by atoms with E-state index in [1.165, 1.54) is 17.7 Å².